The monoisotopic (exact) mass is 391 g/mol. The third kappa shape index (κ3) is 3.30. The maximum absolute atomic E-state index is 4.83. The molecule has 0 fully saturated rings. The highest BCUT2D eigenvalue weighted by Crippen LogP contribution is 2.44. The maximum atomic E-state index is 4.83. The average molecular weight is 392 g/mol. The Balaban J connectivity index is 1.85. The van der Waals surface area contributed by atoms with Crippen LogP contribution in [0.5, 0.6) is 0 Å². The standard InChI is InChI=1S/C27H21NS/c1-18-15-19(2)17-21(16-18)29-27-23-12-7-6-11-22(23)25(20-9-4-3-5-10-20)26-24(27)13-8-14-28-26/h3-17H,1-2H3. The summed E-state index contributed by atoms with van der Waals surface area (Å²) in [7, 11) is 0. The second kappa shape index (κ2) is 7.38. The van der Waals surface area contributed by atoms with Crippen molar-refractivity contribution in [3.05, 3.63) is 102 Å². The van der Waals surface area contributed by atoms with Gasteiger partial charge in [-0.15, -0.1) is 0 Å². The van der Waals surface area contributed by atoms with Gasteiger partial charge in [0.1, 0.15) is 0 Å². The van der Waals surface area contributed by atoms with E-state index in [-0.39, 0.29) is 0 Å². The van der Waals surface area contributed by atoms with Gasteiger partial charge in [0, 0.05) is 26.9 Å². The molecule has 0 aliphatic carbocycles. The molecule has 5 rings (SSSR count). The Labute approximate surface area is 175 Å². The van der Waals surface area contributed by atoms with Crippen LogP contribution in [-0.4, -0.2) is 4.98 Å². The molecule has 29 heavy (non-hydrogen) atoms. The molecule has 0 bridgehead atoms. The fraction of sp³-hybridized carbons (Fsp3) is 0.0741. The number of pyridine rings is 1. The number of hydrogen-bond acceptors (Lipinski definition) is 2. The van der Waals surface area contributed by atoms with Gasteiger partial charge in [-0.25, -0.2) is 0 Å². The highest BCUT2D eigenvalue weighted by molar-refractivity contribution is 7.99. The van der Waals surface area contributed by atoms with Crippen LogP contribution < -0.4 is 0 Å². The largest absolute Gasteiger partial charge is 0.256 e. The molecule has 0 aliphatic heterocycles. The summed E-state index contributed by atoms with van der Waals surface area (Å²) in [6, 6.07) is 30.3. The second-order valence-electron chi connectivity index (χ2n) is 7.44. The van der Waals surface area contributed by atoms with Crippen molar-refractivity contribution in [2.45, 2.75) is 23.6 Å². The lowest BCUT2D eigenvalue weighted by atomic mass is 9.95. The molecule has 0 unspecified atom stereocenters. The van der Waals surface area contributed by atoms with Crippen LogP contribution in [0.4, 0.5) is 0 Å². The van der Waals surface area contributed by atoms with Crippen molar-refractivity contribution in [2.75, 3.05) is 0 Å². The Bertz CT molecular complexity index is 1260. The molecule has 1 heterocycles. The number of nitrogens with zero attached hydrogens (tertiary/aromatic N) is 1. The number of aromatic nitrogens is 1. The predicted molar refractivity (Wildman–Crippen MR) is 125 cm³/mol. The first-order valence-electron chi connectivity index (χ1n) is 9.82. The highest BCUT2D eigenvalue weighted by atomic mass is 32.2. The molecule has 140 valence electrons. The van der Waals surface area contributed by atoms with Crippen LogP contribution in [0.25, 0.3) is 32.8 Å². The molecule has 0 radical (unpaired) electrons. The smallest absolute Gasteiger partial charge is 0.0798 e. The Morgan fingerprint density at radius 1 is 0.655 bits per heavy atom. The van der Waals surface area contributed by atoms with Gasteiger partial charge in [-0.1, -0.05) is 78.5 Å². The molecule has 4 aromatic carbocycles. The minimum Gasteiger partial charge on any atom is -0.256 e. The lowest BCUT2D eigenvalue weighted by Crippen LogP contribution is -1.91. The van der Waals surface area contributed by atoms with E-state index in [1.54, 1.807) is 0 Å². The SMILES string of the molecule is Cc1cc(C)cc(Sc2c3ccccc3c(-c3ccccc3)c3ncccc23)c1. The van der Waals surface area contributed by atoms with Crippen LogP contribution in [0.2, 0.25) is 0 Å². The number of rotatable bonds is 3. The van der Waals surface area contributed by atoms with Crippen molar-refractivity contribution in [1.82, 2.24) is 4.98 Å². The zero-order chi connectivity index (χ0) is 19.8. The van der Waals surface area contributed by atoms with Crippen molar-refractivity contribution in [3.63, 3.8) is 0 Å². The fourth-order valence-corrected chi connectivity index (χ4v) is 5.36. The third-order valence-corrected chi connectivity index (χ3v) is 6.32. The number of aryl methyl sites for hydroxylation is 2. The second-order valence-corrected chi connectivity index (χ2v) is 8.52. The van der Waals surface area contributed by atoms with Crippen molar-refractivity contribution in [3.8, 4) is 11.1 Å². The molecule has 2 heteroatoms. The maximum Gasteiger partial charge on any atom is 0.0798 e. The number of fused-ring (bicyclic) bond motifs is 2. The molecule has 0 spiro atoms. The van der Waals surface area contributed by atoms with Crippen molar-refractivity contribution in [1.29, 1.82) is 0 Å². The van der Waals surface area contributed by atoms with Crippen molar-refractivity contribution in [2.24, 2.45) is 0 Å². The third-order valence-electron chi connectivity index (χ3n) is 5.21. The lowest BCUT2D eigenvalue weighted by Gasteiger charge is -2.16. The van der Waals surface area contributed by atoms with Crippen molar-refractivity contribution >= 4 is 33.4 Å². The number of hydrogen-bond donors (Lipinski definition) is 0. The summed E-state index contributed by atoms with van der Waals surface area (Å²) in [6.07, 6.45) is 1.90. The molecule has 1 nitrogen and oxygen atoms in total. The van der Waals surface area contributed by atoms with E-state index >= 15 is 0 Å². The van der Waals surface area contributed by atoms with Gasteiger partial charge in [0.05, 0.1) is 5.52 Å². The fourth-order valence-electron chi connectivity index (χ4n) is 4.08. The molecule has 5 aromatic rings. The molecule has 0 atom stereocenters. The predicted octanol–water partition coefficient (Wildman–Crippen LogP) is 7.82. The Morgan fingerprint density at radius 3 is 2.07 bits per heavy atom. The van der Waals surface area contributed by atoms with Crippen LogP contribution in [-0.2, 0) is 0 Å². The molecule has 1 aromatic heterocycles. The molecule has 0 N–H and O–H groups in total. The van der Waals surface area contributed by atoms with E-state index in [0.717, 1.165) is 5.52 Å². The van der Waals surface area contributed by atoms with E-state index in [4.69, 9.17) is 4.98 Å². The molecular formula is C27H21NS. The van der Waals surface area contributed by atoms with E-state index in [0.29, 0.717) is 0 Å². The van der Waals surface area contributed by atoms with Crippen LogP contribution in [0.3, 0.4) is 0 Å². The summed E-state index contributed by atoms with van der Waals surface area (Å²) in [4.78, 5) is 7.37. The Kier molecular flexibility index (Phi) is 4.57. The van der Waals surface area contributed by atoms with Gasteiger partial charge in [-0.05, 0) is 59.5 Å². The van der Waals surface area contributed by atoms with Crippen molar-refractivity contribution < 1.29 is 0 Å². The van der Waals surface area contributed by atoms with Gasteiger partial charge >= 0.3 is 0 Å². The van der Waals surface area contributed by atoms with E-state index in [1.165, 1.54) is 48.2 Å². The zero-order valence-electron chi connectivity index (χ0n) is 16.5. The Hall–Kier alpha value is -3.10. The summed E-state index contributed by atoms with van der Waals surface area (Å²) in [5.74, 6) is 0. The molecule has 0 saturated heterocycles. The van der Waals surface area contributed by atoms with Gasteiger partial charge in [-0.3, -0.25) is 4.98 Å². The van der Waals surface area contributed by atoms with E-state index < -0.39 is 0 Å². The first-order valence-corrected chi connectivity index (χ1v) is 10.6. The first-order chi connectivity index (χ1) is 14.2. The minimum atomic E-state index is 1.06. The Morgan fingerprint density at radius 2 is 1.31 bits per heavy atom. The highest BCUT2D eigenvalue weighted by Gasteiger charge is 2.16. The van der Waals surface area contributed by atoms with Gasteiger partial charge in [0.15, 0.2) is 0 Å². The topological polar surface area (TPSA) is 12.9 Å². The van der Waals surface area contributed by atoms with E-state index in [9.17, 15) is 0 Å². The van der Waals surface area contributed by atoms with Crippen LogP contribution >= 0.6 is 11.8 Å². The summed E-state index contributed by atoms with van der Waals surface area (Å²) in [6.45, 7) is 4.32. The molecule has 0 amide bonds. The summed E-state index contributed by atoms with van der Waals surface area (Å²) < 4.78 is 0. The van der Waals surface area contributed by atoms with Crippen LogP contribution in [0.15, 0.2) is 101 Å². The molecule has 0 saturated carbocycles. The van der Waals surface area contributed by atoms with Crippen LogP contribution in [0.1, 0.15) is 11.1 Å². The summed E-state index contributed by atoms with van der Waals surface area (Å²) >= 11 is 1.84. The first kappa shape index (κ1) is 18.0. The lowest BCUT2D eigenvalue weighted by molar-refractivity contribution is 1.29. The molecule has 0 aliphatic rings. The quantitative estimate of drug-likeness (QED) is 0.291. The van der Waals surface area contributed by atoms with Crippen LogP contribution in [0, 0.1) is 13.8 Å². The van der Waals surface area contributed by atoms with Gasteiger partial charge in [0.2, 0.25) is 0 Å². The van der Waals surface area contributed by atoms with Gasteiger partial charge < -0.3 is 0 Å². The molecular weight excluding hydrogens is 370 g/mol. The summed E-state index contributed by atoms with van der Waals surface area (Å²) in [5, 5.41) is 3.72. The minimum absolute atomic E-state index is 1.06. The normalized spacial score (nSPS) is 11.2. The van der Waals surface area contributed by atoms with E-state index in [1.807, 2.05) is 24.0 Å². The van der Waals surface area contributed by atoms with Gasteiger partial charge in [0.25, 0.3) is 0 Å². The average Bonchev–Trinajstić information content (AvgIpc) is 2.74. The van der Waals surface area contributed by atoms with E-state index in [2.05, 4.69) is 92.7 Å². The zero-order valence-corrected chi connectivity index (χ0v) is 17.3. The van der Waals surface area contributed by atoms with Gasteiger partial charge in [-0.2, -0.15) is 0 Å². The number of benzene rings is 4. The summed E-state index contributed by atoms with van der Waals surface area (Å²) in [5.41, 5.74) is 6.06.